The Morgan fingerprint density at radius 2 is 1.64 bits per heavy atom. The van der Waals surface area contributed by atoms with Crippen LogP contribution in [-0.4, -0.2) is 65.2 Å². The van der Waals surface area contributed by atoms with Gasteiger partial charge in [-0.2, -0.15) is 0 Å². The van der Waals surface area contributed by atoms with Crippen molar-refractivity contribution < 1.29 is 27.5 Å². The van der Waals surface area contributed by atoms with E-state index < -0.39 is 28.5 Å². The Hall–Kier alpha value is -3.76. The number of hydrogen-bond donors (Lipinski definition) is 1. The topological polar surface area (TPSA) is 105 Å². The van der Waals surface area contributed by atoms with Gasteiger partial charge < -0.3 is 19.7 Å². The average Bonchev–Trinajstić information content (AvgIpc) is 2.93. The van der Waals surface area contributed by atoms with Gasteiger partial charge in [-0.1, -0.05) is 54.1 Å². The third-order valence-corrected chi connectivity index (χ3v) is 7.54. The van der Waals surface area contributed by atoms with E-state index in [0.717, 1.165) is 16.1 Å². The number of nitrogens with one attached hydrogen (secondary N) is 1. The molecule has 0 aliphatic heterocycles. The number of nitrogens with zero attached hydrogens (tertiary/aromatic N) is 2. The molecule has 39 heavy (non-hydrogen) atoms. The van der Waals surface area contributed by atoms with Gasteiger partial charge in [-0.3, -0.25) is 13.9 Å². The summed E-state index contributed by atoms with van der Waals surface area (Å²) in [7, 11) is 0.567. The molecule has 0 heterocycles. The highest BCUT2D eigenvalue weighted by atomic mass is 35.5. The van der Waals surface area contributed by atoms with Crippen LogP contribution in [0.4, 0.5) is 5.69 Å². The quantitative estimate of drug-likeness (QED) is 0.355. The van der Waals surface area contributed by atoms with Crippen molar-refractivity contribution in [3.63, 3.8) is 0 Å². The first-order chi connectivity index (χ1) is 18.6. The molecule has 3 rings (SSSR count). The molecule has 11 heteroatoms. The van der Waals surface area contributed by atoms with Crippen LogP contribution in [0, 0.1) is 0 Å². The lowest BCUT2D eigenvalue weighted by atomic mass is 10.0. The molecule has 0 saturated heterocycles. The summed E-state index contributed by atoms with van der Waals surface area (Å²) in [6.07, 6.45) is 1.23. The van der Waals surface area contributed by atoms with E-state index in [2.05, 4.69) is 5.32 Å². The largest absolute Gasteiger partial charge is 0.497 e. The lowest BCUT2D eigenvalue weighted by molar-refractivity contribution is -0.139. The average molecular weight is 574 g/mol. The van der Waals surface area contributed by atoms with Crippen LogP contribution in [0.15, 0.2) is 72.8 Å². The summed E-state index contributed by atoms with van der Waals surface area (Å²) >= 11 is 6.25. The van der Waals surface area contributed by atoms with E-state index in [0.29, 0.717) is 17.1 Å². The van der Waals surface area contributed by atoms with E-state index in [1.165, 1.54) is 44.4 Å². The third kappa shape index (κ3) is 7.87. The SMILES string of the molecule is CNC(=O)[C@@H](Cc1ccccc1)N(Cc1cccc(OC)c1)C(=O)CN(c1ccc(OC)c(Cl)c1)S(C)(=O)=O. The van der Waals surface area contributed by atoms with Crippen molar-refractivity contribution in [2.24, 2.45) is 0 Å². The van der Waals surface area contributed by atoms with Gasteiger partial charge in [0.1, 0.15) is 24.1 Å². The van der Waals surface area contributed by atoms with E-state index >= 15 is 0 Å². The van der Waals surface area contributed by atoms with Gasteiger partial charge in [0, 0.05) is 20.0 Å². The molecule has 2 amide bonds. The van der Waals surface area contributed by atoms with Crippen LogP contribution in [0.25, 0.3) is 0 Å². The van der Waals surface area contributed by atoms with Gasteiger partial charge in [-0.15, -0.1) is 0 Å². The number of hydrogen-bond acceptors (Lipinski definition) is 6. The van der Waals surface area contributed by atoms with Crippen molar-refractivity contribution in [3.8, 4) is 11.5 Å². The maximum Gasteiger partial charge on any atom is 0.244 e. The number of likely N-dealkylation sites (N-methyl/N-ethyl adjacent to an activating group) is 1. The number of sulfonamides is 1. The molecule has 0 saturated carbocycles. The van der Waals surface area contributed by atoms with Gasteiger partial charge in [0.25, 0.3) is 0 Å². The molecule has 0 aromatic heterocycles. The normalized spacial score (nSPS) is 11.8. The second-order valence-electron chi connectivity index (χ2n) is 8.78. The molecule has 3 aromatic rings. The maximum atomic E-state index is 13.9. The number of amides is 2. The zero-order chi connectivity index (χ0) is 28.6. The van der Waals surface area contributed by atoms with E-state index in [4.69, 9.17) is 21.1 Å². The first-order valence-electron chi connectivity index (χ1n) is 12.1. The van der Waals surface area contributed by atoms with E-state index in [1.54, 1.807) is 18.2 Å². The van der Waals surface area contributed by atoms with Gasteiger partial charge in [-0.05, 0) is 41.5 Å². The zero-order valence-electron chi connectivity index (χ0n) is 22.3. The fourth-order valence-corrected chi connectivity index (χ4v) is 5.21. The number of carbonyl (C=O) groups is 2. The number of carbonyl (C=O) groups excluding carboxylic acids is 2. The molecule has 0 spiro atoms. The summed E-state index contributed by atoms with van der Waals surface area (Å²) < 4.78 is 37.1. The summed E-state index contributed by atoms with van der Waals surface area (Å²) in [5, 5.41) is 2.84. The van der Waals surface area contributed by atoms with Crippen molar-refractivity contribution in [2.45, 2.75) is 19.0 Å². The predicted molar refractivity (Wildman–Crippen MR) is 152 cm³/mol. The first kappa shape index (κ1) is 29.8. The Morgan fingerprint density at radius 1 is 0.949 bits per heavy atom. The van der Waals surface area contributed by atoms with E-state index in [1.807, 2.05) is 36.4 Å². The molecule has 0 bridgehead atoms. The Labute approximate surface area is 234 Å². The maximum absolute atomic E-state index is 13.9. The van der Waals surface area contributed by atoms with Crippen molar-refractivity contribution in [1.29, 1.82) is 0 Å². The Kier molecular flexibility index (Phi) is 10.2. The minimum Gasteiger partial charge on any atom is -0.497 e. The smallest absolute Gasteiger partial charge is 0.244 e. The molecule has 3 aromatic carbocycles. The van der Waals surface area contributed by atoms with Crippen LogP contribution in [0.3, 0.4) is 0 Å². The standard InChI is InChI=1S/C28H32ClN3O6S/c1-30-28(34)25(16-20-9-6-5-7-10-20)31(18-21-11-8-12-23(15-21)37-2)27(33)19-32(39(4,35)36)22-13-14-26(38-3)24(29)17-22/h5-15,17,25H,16,18-19H2,1-4H3,(H,30,34)/t25-/m1/s1. The molecule has 1 N–H and O–H groups in total. The highest BCUT2D eigenvalue weighted by molar-refractivity contribution is 7.92. The number of methoxy groups -OCH3 is 2. The molecule has 208 valence electrons. The van der Waals surface area contributed by atoms with Crippen LogP contribution >= 0.6 is 11.6 Å². The summed E-state index contributed by atoms with van der Waals surface area (Å²) in [6.45, 7) is -0.504. The highest BCUT2D eigenvalue weighted by Gasteiger charge is 2.32. The fraction of sp³-hybridized carbons (Fsp3) is 0.286. The summed E-state index contributed by atoms with van der Waals surface area (Å²) in [5.74, 6) is 0.000638. The number of halogens is 1. The monoisotopic (exact) mass is 573 g/mol. The molecule has 9 nitrogen and oxygen atoms in total. The third-order valence-electron chi connectivity index (χ3n) is 6.11. The Balaban J connectivity index is 2.04. The first-order valence-corrected chi connectivity index (χ1v) is 14.3. The lowest BCUT2D eigenvalue weighted by Gasteiger charge is -2.33. The van der Waals surface area contributed by atoms with Crippen molar-refractivity contribution >= 4 is 39.1 Å². The summed E-state index contributed by atoms with van der Waals surface area (Å²) in [4.78, 5) is 28.5. The predicted octanol–water partition coefficient (Wildman–Crippen LogP) is 3.51. The molecular formula is C28H32ClN3O6S. The fourth-order valence-electron chi connectivity index (χ4n) is 4.11. The number of anilines is 1. The molecule has 0 aliphatic rings. The molecule has 0 unspecified atom stereocenters. The number of benzene rings is 3. The highest BCUT2D eigenvalue weighted by Crippen LogP contribution is 2.30. The van der Waals surface area contributed by atoms with Crippen molar-refractivity contribution in [1.82, 2.24) is 10.2 Å². The summed E-state index contributed by atoms with van der Waals surface area (Å²) in [6, 6.07) is 20.0. The van der Waals surface area contributed by atoms with E-state index in [9.17, 15) is 18.0 Å². The molecule has 0 aliphatic carbocycles. The number of ether oxygens (including phenoxy) is 2. The van der Waals surface area contributed by atoms with Gasteiger partial charge in [0.2, 0.25) is 21.8 Å². The summed E-state index contributed by atoms with van der Waals surface area (Å²) in [5.41, 5.74) is 1.75. The zero-order valence-corrected chi connectivity index (χ0v) is 23.8. The van der Waals surface area contributed by atoms with Gasteiger partial charge in [0.15, 0.2) is 0 Å². The van der Waals surface area contributed by atoms with Crippen LogP contribution < -0.4 is 19.1 Å². The van der Waals surface area contributed by atoms with Crippen LogP contribution in [0.2, 0.25) is 5.02 Å². The molecule has 0 radical (unpaired) electrons. The van der Waals surface area contributed by atoms with Crippen LogP contribution in [-0.2, 0) is 32.6 Å². The Bertz CT molecular complexity index is 1400. The minimum absolute atomic E-state index is 0.0436. The minimum atomic E-state index is -3.91. The van der Waals surface area contributed by atoms with Crippen LogP contribution in [0.5, 0.6) is 11.5 Å². The second-order valence-corrected chi connectivity index (χ2v) is 11.1. The Morgan fingerprint density at radius 3 is 2.23 bits per heavy atom. The van der Waals surface area contributed by atoms with E-state index in [-0.39, 0.29) is 29.6 Å². The van der Waals surface area contributed by atoms with Crippen molar-refractivity contribution in [3.05, 3.63) is 88.9 Å². The van der Waals surface area contributed by atoms with Gasteiger partial charge >= 0.3 is 0 Å². The van der Waals surface area contributed by atoms with Gasteiger partial charge in [-0.25, -0.2) is 8.42 Å². The number of rotatable bonds is 12. The molecule has 1 atom stereocenters. The van der Waals surface area contributed by atoms with Gasteiger partial charge in [0.05, 0.1) is 31.2 Å². The van der Waals surface area contributed by atoms with Crippen molar-refractivity contribution in [2.75, 3.05) is 38.4 Å². The molecule has 0 fully saturated rings. The molecular weight excluding hydrogens is 542 g/mol. The second kappa shape index (κ2) is 13.3. The van der Waals surface area contributed by atoms with Crippen LogP contribution in [0.1, 0.15) is 11.1 Å². The lowest BCUT2D eigenvalue weighted by Crippen LogP contribution is -2.52.